The van der Waals surface area contributed by atoms with Gasteiger partial charge in [0.1, 0.15) is 17.5 Å². The monoisotopic (exact) mass is 359 g/mol. The van der Waals surface area contributed by atoms with Gasteiger partial charge in [-0.1, -0.05) is 29.8 Å². The third-order valence-electron chi connectivity index (χ3n) is 3.25. The molecule has 6 nitrogen and oxygen atoms in total. The lowest BCUT2D eigenvalue weighted by molar-refractivity contribution is -0.116. The molecule has 132 valence electrons. The molecule has 3 N–H and O–H groups in total. The number of carbonyl (C=O) groups is 1. The Morgan fingerprint density at radius 3 is 2.60 bits per heavy atom. The van der Waals surface area contributed by atoms with Gasteiger partial charge in [-0.3, -0.25) is 4.79 Å². The van der Waals surface area contributed by atoms with Crippen LogP contribution in [0.1, 0.15) is 18.3 Å². The maximum absolute atomic E-state index is 11.8. The fourth-order valence-electron chi connectivity index (χ4n) is 2.14. The summed E-state index contributed by atoms with van der Waals surface area (Å²) in [4.78, 5) is 20.4. The first kappa shape index (κ1) is 18.7. The summed E-state index contributed by atoms with van der Waals surface area (Å²) in [7, 11) is 0. The zero-order chi connectivity index (χ0) is 18.1. The summed E-state index contributed by atoms with van der Waals surface area (Å²) in [6.45, 7) is 5.69. The molecule has 0 saturated carbocycles. The molecule has 0 bridgehead atoms. The first-order valence-electron chi connectivity index (χ1n) is 8.12. The van der Waals surface area contributed by atoms with E-state index in [9.17, 15) is 4.79 Å². The highest BCUT2D eigenvalue weighted by molar-refractivity contribution is 6.32. The number of halogens is 1. The first-order valence-corrected chi connectivity index (χ1v) is 8.50. The lowest BCUT2D eigenvalue weighted by Gasteiger charge is -2.09. The van der Waals surface area contributed by atoms with E-state index < -0.39 is 0 Å². The second kappa shape index (κ2) is 9.64. The van der Waals surface area contributed by atoms with Crippen molar-refractivity contribution in [2.24, 2.45) is 0 Å². The molecule has 2 rings (SSSR count). The third-order valence-corrected chi connectivity index (χ3v) is 3.59. The topological polar surface area (TPSA) is 78.9 Å². The molecule has 0 radical (unpaired) electrons. The van der Waals surface area contributed by atoms with Gasteiger partial charge in [-0.25, -0.2) is 9.97 Å². The number of benzene rings is 1. The molecule has 1 aromatic heterocycles. The van der Waals surface area contributed by atoms with Crippen LogP contribution < -0.4 is 16.0 Å². The molecule has 0 aliphatic carbocycles. The van der Waals surface area contributed by atoms with Gasteiger partial charge in [-0.2, -0.15) is 0 Å². The van der Waals surface area contributed by atoms with Crippen molar-refractivity contribution in [2.75, 3.05) is 30.3 Å². The highest BCUT2D eigenvalue weighted by Crippen LogP contribution is 2.16. The molecular weight excluding hydrogens is 338 g/mol. The molecule has 0 fully saturated rings. The van der Waals surface area contributed by atoms with Gasteiger partial charge in [0.05, 0.1) is 0 Å². The summed E-state index contributed by atoms with van der Waals surface area (Å²) in [6, 6.07) is 9.21. The number of amides is 1. The molecule has 1 aromatic carbocycles. The Hall–Kier alpha value is -2.60. The zero-order valence-corrected chi connectivity index (χ0v) is 15.1. The van der Waals surface area contributed by atoms with Crippen LogP contribution in [-0.4, -0.2) is 35.5 Å². The number of anilines is 2. The summed E-state index contributed by atoms with van der Waals surface area (Å²) in [6.07, 6.45) is 3.17. The molecule has 2 aromatic rings. The van der Waals surface area contributed by atoms with E-state index in [1.807, 2.05) is 38.1 Å². The van der Waals surface area contributed by atoms with E-state index in [0.717, 1.165) is 23.7 Å². The largest absolute Gasteiger partial charge is 0.370 e. The van der Waals surface area contributed by atoms with Gasteiger partial charge in [0.15, 0.2) is 0 Å². The SMILES string of the molecule is CCNc1cc(NCCNC(=O)/C=C/c2ccccc2Cl)nc(C)n1. The molecule has 1 heterocycles. The van der Waals surface area contributed by atoms with Gasteiger partial charge in [-0.05, 0) is 31.6 Å². The Balaban J connectivity index is 1.77. The van der Waals surface area contributed by atoms with Crippen LogP contribution in [0.5, 0.6) is 0 Å². The van der Waals surface area contributed by atoms with Crippen molar-refractivity contribution in [2.45, 2.75) is 13.8 Å². The van der Waals surface area contributed by atoms with Crippen molar-refractivity contribution in [3.8, 4) is 0 Å². The highest BCUT2D eigenvalue weighted by Gasteiger charge is 2.01. The molecule has 7 heteroatoms. The van der Waals surface area contributed by atoms with Gasteiger partial charge < -0.3 is 16.0 Å². The van der Waals surface area contributed by atoms with Crippen LogP contribution in [0.4, 0.5) is 11.6 Å². The lowest BCUT2D eigenvalue weighted by atomic mass is 10.2. The van der Waals surface area contributed by atoms with Crippen LogP contribution in [0.2, 0.25) is 5.02 Å². The minimum Gasteiger partial charge on any atom is -0.370 e. The molecular formula is C18H22ClN5O. The molecule has 0 aliphatic rings. The third kappa shape index (κ3) is 6.43. The van der Waals surface area contributed by atoms with E-state index in [1.165, 1.54) is 6.08 Å². The van der Waals surface area contributed by atoms with Crippen LogP contribution in [0.3, 0.4) is 0 Å². The van der Waals surface area contributed by atoms with Gasteiger partial charge >= 0.3 is 0 Å². The summed E-state index contributed by atoms with van der Waals surface area (Å²) in [5, 5.41) is 9.75. The fourth-order valence-corrected chi connectivity index (χ4v) is 2.34. The van der Waals surface area contributed by atoms with E-state index in [1.54, 1.807) is 12.1 Å². The number of hydrogen-bond acceptors (Lipinski definition) is 5. The van der Waals surface area contributed by atoms with Crippen LogP contribution in [0, 0.1) is 6.92 Å². The Bertz CT molecular complexity index is 748. The number of hydrogen-bond donors (Lipinski definition) is 3. The average Bonchev–Trinajstić information content (AvgIpc) is 2.58. The predicted molar refractivity (Wildman–Crippen MR) is 103 cm³/mol. The molecule has 0 unspecified atom stereocenters. The second-order valence-corrected chi connectivity index (χ2v) is 5.70. The van der Waals surface area contributed by atoms with Crippen molar-refractivity contribution in [1.29, 1.82) is 0 Å². The Labute approximate surface area is 152 Å². The van der Waals surface area contributed by atoms with Crippen molar-refractivity contribution < 1.29 is 4.79 Å². The number of aromatic nitrogens is 2. The summed E-state index contributed by atoms with van der Waals surface area (Å²) in [5.41, 5.74) is 0.810. The number of carbonyl (C=O) groups excluding carboxylic acids is 1. The Morgan fingerprint density at radius 1 is 1.16 bits per heavy atom. The zero-order valence-electron chi connectivity index (χ0n) is 14.3. The molecule has 25 heavy (non-hydrogen) atoms. The fraction of sp³-hybridized carbons (Fsp3) is 0.278. The number of rotatable bonds is 8. The van der Waals surface area contributed by atoms with Crippen LogP contribution >= 0.6 is 11.6 Å². The van der Waals surface area contributed by atoms with Crippen LogP contribution in [0.15, 0.2) is 36.4 Å². The molecule has 1 amide bonds. The van der Waals surface area contributed by atoms with E-state index in [2.05, 4.69) is 25.9 Å². The number of nitrogens with one attached hydrogen (secondary N) is 3. The molecule has 0 aliphatic heterocycles. The number of aryl methyl sites for hydroxylation is 1. The van der Waals surface area contributed by atoms with Crippen molar-refractivity contribution in [1.82, 2.24) is 15.3 Å². The quantitative estimate of drug-likeness (QED) is 0.498. The maximum Gasteiger partial charge on any atom is 0.244 e. The summed E-state index contributed by atoms with van der Waals surface area (Å²) in [5.74, 6) is 2.02. The molecule has 0 saturated heterocycles. The first-order chi connectivity index (χ1) is 12.1. The van der Waals surface area contributed by atoms with Crippen LogP contribution in [-0.2, 0) is 4.79 Å². The smallest absolute Gasteiger partial charge is 0.244 e. The van der Waals surface area contributed by atoms with Gasteiger partial charge in [0.25, 0.3) is 0 Å². The number of nitrogens with zero attached hydrogens (tertiary/aromatic N) is 2. The Morgan fingerprint density at radius 2 is 1.88 bits per heavy atom. The van der Waals surface area contributed by atoms with Gasteiger partial charge in [0, 0.05) is 36.8 Å². The highest BCUT2D eigenvalue weighted by atomic mass is 35.5. The second-order valence-electron chi connectivity index (χ2n) is 5.29. The van der Waals surface area contributed by atoms with Crippen molar-refractivity contribution in [3.05, 3.63) is 52.8 Å². The van der Waals surface area contributed by atoms with Gasteiger partial charge in [0.2, 0.25) is 5.91 Å². The van der Waals surface area contributed by atoms with E-state index in [-0.39, 0.29) is 5.91 Å². The molecule has 0 spiro atoms. The van der Waals surface area contributed by atoms with Crippen LogP contribution in [0.25, 0.3) is 6.08 Å². The normalized spacial score (nSPS) is 10.7. The minimum absolute atomic E-state index is 0.172. The summed E-state index contributed by atoms with van der Waals surface area (Å²) >= 11 is 6.04. The van der Waals surface area contributed by atoms with Crippen molar-refractivity contribution in [3.63, 3.8) is 0 Å². The molecule has 0 atom stereocenters. The summed E-state index contributed by atoms with van der Waals surface area (Å²) < 4.78 is 0. The lowest BCUT2D eigenvalue weighted by Crippen LogP contribution is -2.27. The minimum atomic E-state index is -0.172. The van der Waals surface area contributed by atoms with E-state index >= 15 is 0 Å². The Kier molecular flexibility index (Phi) is 7.22. The van der Waals surface area contributed by atoms with E-state index in [4.69, 9.17) is 11.6 Å². The van der Waals surface area contributed by atoms with Crippen molar-refractivity contribution >= 4 is 35.2 Å². The van der Waals surface area contributed by atoms with E-state index in [0.29, 0.717) is 23.9 Å². The predicted octanol–water partition coefficient (Wildman–Crippen LogP) is 3.11. The average molecular weight is 360 g/mol. The maximum atomic E-state index is 11.8. The standard InChI is InChI=1S/C18H22ClN5O/c1-3-20-16-12-17(24-13(2)23-16)21-10-11-22-18(25)9-8-14-6-4-5-7-15(14)19/h4-9,12H,3,10-11H2,1-2H3,(H,22,25)(H2,20,21,23,24)/b9-8+. The van der Waals surface area contributed by atoms with Gasteiger partial charge in [-0.15, -0.1) is 0 Å².